The number of carbonyl (C=O) groups excluding carboxylic acids is 2. The van der Waals surface area contributed by atoms with Crippen molar-refractivity contribution in [3.8, 4) is 6.07 Å². The Hall–Kier alpha value is -3.71. The lowest BCUT2D eigenvalue weighted by Crippen LogP contribution is -2.41. The third kappa shape index (κ3) is 2.97. The van der Waals surface area contributed by atoms with Gasteiger partial charge in [-0.25, -0.2) is 4.79 Å². The molecule has 0 aliphatic carbocycles. The summed E-state index contributed by atoms with van der Waals surface area (Å²) in [6.45, 7) is 0. The minimum atomic E-state index is -0.781. The van der Waals surface area contributed by atoms with E-state index in [2.05, 4.69) is 15.0 Å². The van der Waals surface area contributed by atoms with Crippen LogP contribution in [-0.4, -0.2) is 35.6 Å². The molecule has 2 aromatic heterocycles. The van der Waals surface area contributed by atoms with Crippen LogP contribution in [-0.2, 0) is 14.3 Å². The molecule has 3 rings (SSSR count). The van der Waals surface area contributed by atoms with Crippen LogP contribution in [0.3, 0.4) is 0 Å². The van der Waals surface area contributed by atoms with E-state index in [1.807, 2.05) is 6.07 Å². The van der Waals surface area contributed by atoms with Crippen LogP contribution < -0.4 is 25.8 Å². The van der Waals surface area contributed by atoms with Gasteiger partial charge in [0.25, 0.3) is 11.5 Å². The SMILES string of the molecule is CNC(=O)C1=c2sc(=CC(=O)OC)c(=O)n2C(N)=C(C#N)C1c1ccncc1. The van der Waals surface area contributed by atoms with E-state index >= 15 is 0 Å². The van der Waals surface area contributed by atoms with Crippen LogP contribution in [0.2, 0.25) is 0 Å². The summed E-state index contributed by atoms with van der Waals surface area (Å²) in [5.74, 6) is -2.05. The lowest BCUT2D eigenvalue weighted by Gasteiger charge is -2.24. The second-order valence-corrected chi connectivity index (χ2v) is 6.73. The van der Waals surface area contributed by atoms with Gasteiger partial charge in [0, 0.05) is 25.5 Å². The number of hydrogen-bond acceptors (Lipinski definition) is 8. The van der Waals surface area contributed by atoms with Crippen molar-refractivity contribution in [3.05, 3.63) is 55.2 Å². The van der Waals surface area contributed by atoms with Crippen LogP contribution in [0.1, 0.15) is 11.5 Å². The molecule has 3 N–H and O–H groups in total. The van der Waals surface area contributed by atoms with Gasteiger partial charge in [0.2, 0.25) is 0 Å². The number of amides is 1. The van der Waals surface area contributed by atoms with Gasteiger partial charge in [-0.3, -0.25) is 19.1 Å². The van der Waals surface area contributed by atoms with Crippen molar-refractivity contribution >= 4 is 40.7 Å². The quantitative estimate of drug-likeness (QED) is 0.607. The number of esters is 1. The highest BCUT2D eigenvalue weighted by molar-refractivity contribution is 7.07. The molecule has 1 aliphatic rings. The first-order valence-electron chi connectivity index (χ1n) is 8.02. The van der Waals surface area contributed by atoms with Crippen molar-refractivity contribution in [1.29, 1.82) is 5.26 Å². The molecule has 3 heterocycles. The molecule has 0 saturated heterocycles. The van der Waals surface area contributed by atoms with Crippen LogP contribution in [0.15, 0.2) is 34.9 Å². The van der Waals surface area contributed by atoms with E-state index in [1.165, 1.54) is 26.6 Å². The van der Waals surface area contributed by atoms with E-state index in [4.69, 9.17) is 5.73 Å². The van der Waals surface area contributed by atoms with Gasteiger partial charge in [0.05, 0.1) is 30.2 Å². The van der Waals surface area contributed by atoms with E-state index in [0.29, 0.717) is 5.56 Å². The molecule has 1 aliphatic heterocycles. The standard InChI is InChI=1S/C18H15N5O4S/c1-21-16(25)14-13(9-3-5-22-6-4-9)10(8-19)15(20)23-17(26)11(28-18(14)23)7-12(24)27-2/h3-7,13H,20H2,1-2H3,(H,21,25). The Labute approximate surface area is 162 Å². The molecular weight excluding hydrogens is 382 g/mol. The van der Waals surface area contributed by atoms with Gasteiger partial charge in [-0.1, -0.05) is 0 Å². The molecule has 1 unspecified atom stereocenters. The Balaban J connectivity index is 2.49. The van der Waals surface area contributed by atoms with Gasteiger partial charge in [-0.2, -0.15) is 5.26 Å². The number of ether oxygens (including phenoxy) is 1. The molecule has 0 fully saturated rings. The smallest absolute Gasteiger partial charge is 0.332 e. The molecule has 0 spiro atoms. The number of nitrogens with one attached hydrogen (secondary N) is 1. The zero-order valence-corrected chi connectivity index (χ0v) is 15.7. The zero-order valence-electron chi connectivity index (χ0n) is 14.9. The van der Waals surface area contributed by atoms with Crippen molar-refractivity contribution in [3.63, 3.8) is 0 Å². The Morgan fingerprint density at radius 3 is 2.68 bits per heavy atom. The van der Waals surface area contributed by atoms with Gasteiger partial charge in [0.15, 0.2) is 0 Å². The number of rotatable bonds is 3. The second kappa shape index (κ2) is 7.50. The fraction of sp³-hybridized carbons (Fsp3) is 0.167. The minimum Gasteiger partial charge on any atom is -0.466 e. The Bertz CT molecular complexity index is 1220. The third-order valence-electron chi connectivity index (χ3n) is 4.23. The van der Waals surface area contributed by atoms with Crippen molar-refractivity contribution in [1.82, 2.24) is 14.9 Å². The molecule has 0 bridgehead atoms. The number of pyridine rings is 1. The molecule has 1 atom stereocenters. The average Bonchev–Trinajstić information content (AvgIpc) is 3.03. The maximum absolute atomic E-state index is 12.8. The number of fused-ring (bicyclic) bond motifs is 1. The molecule has 0 aromatic carbocycles. The summed E-state index contributed by atoms with van der Waals surface area (Å²) in [6.07, 6.45) is 4.10. The van der Waals surface area contributed by atoms with Crippen LogP contribution in [0.4, 0.5) is 0 Å². The molecule has 28 heavy (non-hydrogen) atoms. The number of carbonyl (C=O) groups is 2. The topological polar surface area (TPSA) is 140 Å². The average molecular weight is 397 g/mol. The Kier molecular flexibility index (Phi) is 5.10. The number of thiazole rings is 1. The van der Waals surface area contributed by atoms with E-state index < -0.39 is 23.4 Å². The number of nitrogens with zero attached hydrogens (tertiary/aromatic N) is 3. The van der Waals surface area contributed by atoms with Gasteiger partial charge in [-0.15, -0.1) is 11.3 Å². The summed E-state index contributed by atoms with van der Waals surface area (Å²) in [7, 11) is 2.64. The van der Waals surface area contributed by atoms with Gasteiger partial charge in [0.1, 0.15) is 15.0 Å². The predicted octanol–water partition coefficient (Wildman–Crippen LogP) is -1.40. The highest BCUT2D eigenvalue weighted by Gasteiger charge is 2.35. The summed E-state index contributed by atoms with van der Waals surface area (Å²) < 4.78 is 5.94. The molecule has 0 radical (unpaired) electrons. The van der Waals surface area contributed by atoms with Gasteiger partial charge in [-0.05, 0) is 17.7 Å². The zero-order chi connectivity index (χ0) is 20.4. The summed E-state index contributed by atoms with van der Waals surface area (Å²) in [5, 5.41) is 12.3. The summed E-state index contributed by atoms with van der Waals surface area (Å²) >= 11 is 0.929. The molecule has 9 nitrogen and oxygen atoms in total. The van der Waals surface area contributed by atoms with Gasteiger partial charge >= 0.3 is 5.97 Å². The Morgan fingerprint density at radius 1 is 1.43 bits per heavy atom. The van der Waals surface area contributed by atoms with Crippen LogP contribution in [0.5, 0.6) is 0 Å². The molecule has 10 heteroatoms. The summed E-state index contributed by atoms with van der Waals surface area (Å²) in [6, 6.07) is 5.35. The number of hydrogen-bond donors (Lipinski definition) is 2. The maximum Gasteiger partial charge on any atom is 0.332 e. The van der Waals surface area contributed by atoms with Crippen LogP contribution in [0.25, 0.3) is 17.5 Å². The first-order valence-corrected chi connectivity index (χ1v) is 8.84. The first kappa shape index (κ1) is 19.1. The Morgan fingerprint density at radius 2 is 2.11 bits per heavy atom. The summed E-state index contributed by atoms with van der Waals surface area (Å²) in [5.41, 5.74) is 6.41. The van der Waals surface area contributed by atoms with Crippen molar-refractivity contribution in [2.24, 2.45) is 5.73 Å². The third-order valence-corrected chi connectivity index (χ3v) is 5.34. The number of allylic oxidation sites excluding steroid dienone is 1. The number of methoxy groups -OCH3 is 1. The first-order chi connectivity index (χ1) is 13.4. The highest BCUT2D eigenvalue weighted by atomic mass is 32.1. The largest absolute Gasteiger partial charge is 0.466 e. The van der Waals surface area contributed by atoms with E-state index in [0.717, 1.165) is 22.0 Å². The fourth-order valence-electron chi connectivity index (χ4n) is 2.96. The molecule has 2 aromatic rings. The molecule has 1 amide bonds. The van der Waals surface area contributed by atoms with Gasteiger partial charge < -0.3 is 15.8 Å². The molecular formula is C18H15N5O4S. The second-order valence-electron chi connectivity index (χ2n) is 5.70. The highest BCUT2D eigenvalue weighted by Crippen LogP contribution is 2.35. The number of nitrogens with two attached hydrogens (primary N) is 1. The fourth-order valence-corrected chi connectivity index (χ4v) is 4.09. The van der Waals surface area contributed by atoms with Crippen molar-refractivity contribution in [2.75, 3.05) is 14.2 Å². The maximum atomic E-state index is 12.8. The molecule has 142 valence electrons. The monoisotopic (exact) mass is 397 g/mol. The number of nitriles is 1. The molecule has 0 saturated carbocycles. The number of aromatic nitrogens is 2. The minimum absolute atomic E-state index is 0.0406. The van der Waals surface area contributed by atoms with Crippen LogP contribution >= 0.6 is 11.3 Å². The lowest BCUT2D eigenvalue weighted by molar-refractivity contribution is -0.133. The van der Waals surface area contributed by atoms with Crippen LogP contribution in [0, 0.1) is 11.3 Å². The lowest BCUT2D eigenvalue weighted by atomic mass is 9.84. The van der Waals surface area contributed by atoms with E-state index in [-0.39, 0.29) is 26.2 Å². The summed E-state index contributed by atoms with van der Waals surface area (Å²) in [4.78, 5) is 41.1. The van der Waals surface area contributed by atoms with E-state index in [1.54, 1.807) is 12.1 Å². The normalized spacial score (nSPS) is 16.4. The van der Waals surface area contributed by atoms with Crippen molar-refractivity contribution < 1.29 is 14.3 Å². The van der Waals surface area contributed by atoms with E-state index in [9.17, 15) is 19.6 Å². The van der Waals surface area contributed by atoms with Crippen molar-refractivity contribution in [2.45, 2.75) is 5.92 Å². The predicted molar refractivity (Wildman–Crippen MR) is 102 cm³/mol.